The molecule has 8 atom stereocenters. The van der Waals surface area contributed by atoms with Crippen LogP contribution in [0.3, 0.4) is 0 Å². The van der Waals surface area contributed by atoms with Crippen molar-refractivity contribution < 1.29 is 19.4 Å². The van der Waals surface area contributed by atoms with Gasteiger partial charge < -0.3 is 15.6 Å². The Kier molecular flexibility index (Phi) is 67.0. The molecule has 3 N–H and O–H groups in total. The monoisotopic (exact) mass is 1450 g/mol. The van der Waals surface area contributed by atoms with Crippen LogP contribution in [0, 0.1) is 57.7 Å². The standard InChI is InChI=1S/C97H194N2O4/c1-17-26-34-42-50-61-71-84-103-92(100)79-69-59-51-60-70-82-99(83-81-98)94(80-25-9,85(10)72-62-52-43-35-27-18-2)96(88(13)75-65-55-46-38-30-21-5,89(14)76-66-56-47-39-31-22-6)97(90(15)77-67-57-48-40-32-23-7,91(16)78-68-58-49-41-33-24-8)95(93(101)102,86(11)73-63-53-44-36-28-19-3)87(12)74-64-54-45-37-29-20-4/h85-91H,17-84,98H2,1-16H3,(H,101,102). The molecule has 6 heteroatoms. The average Bonchev–Trinajstić information content (AvgIpc) is 0.654. The molecule has 0 aliphatic rings. The van der Waals surface area contributed by atoms with E-state index in [4.69, 9.17) is 10.5 Å². The lowest BCUT2D eigenvalue weighted by atomic mass is 9.27. The molecule has 0 aromatic rings. The van der Waals surface area contributed by atoms with Crippen molar-refractivity contribution in [2.24, 2.45) is 63.4 Å². The molecule has 0 saturated carbocycles. The maximum atomic E-state index is 17.5. The molecule has 0 aromatic heterocycles. The van der Waals surface area contributed by atoms with Gasteiger partial charge in [0, 0.05) is 30.5 Å². The molecule has 0 aromatic carbocycles. The minimum absolute atomic E-state index is 0.000830. The fraction of sp³-hybridized carbons (Fsp3) is 0.979. The summed E-state index contributed by atoms with van der Waals surface area (Å²) in [7, 11) is 0. The fourth-order valence-corrected chi connectivity index (χ4v) is 22.2. The molecule has 0 saturated heterocycles. The summed E-state index contributed by atoms with van der Waals surface area (Å²) in [6.07, 6.45) is 77.4. The Morgan fingerprint density at radius 2 is 0.553 bits per heavy atom. The Morgan fingerprint density at radius 3 is 0.845 bits per heavy atom. The zero-order valence-electron chi connectivity index (χ0n) is 73.8. The molecule has 0 heterocycles. The number of hydrogen-bond donors (Lipinski definition) is 2. The molecular weight excluding hydrogens is 1260 g/mol. The minimum atomic E-state index is -1.00. The summed E-state index contributed by atoms with van der Waals surface area (Å²) in [6, 6.07) is 0. The normalized spacial score (nSPS) is 16.6. The number of nitrogens with two attached hydrogens (primary N) is 1. The SMILES string of the molecule is CCCCCCCCCOC(=O)CCCCCCCN(CCN)C(CCC)(C(C)CCCCCCCC)C(C(C)CCCCCCCC)(C(C)CCCCCCCC)C(C(C)CCCCCCCC)(C(C)CCCCCCCC)C(C(=O)O)(C(C)CCCCCCCC)C(C)CCCCCCCC. The maximum absolute atomic E-state index is 17.5. The third-order valence-electron chi connectivity index (χ3n) is 27.3. The lowest BCUT2D eigenvalue weighted by Gasteiger charge is -2.78. The van der Waals surface area contributed by atoms with Crippen LogP contribution in [0.25, 0.3) is 0 Å². The molecular formula is C97H194N2O4. The quantitative estimate of drug-likeness (QED) is 0.0466. The molecule has 616 valence electrons. The number of hydrogen-bond acceptors (Lipinski definition) is 5. The van der Waals surface area contributed by atoms with Crippen LogP contribution in [-0.4, -0.2) is 53.7 Å². The first-order valence-electron chi connectivity index (χ1n) is 47.9. The predicted molar refractivity (Wildman–Crippen MR) is 460 cm³/mol. The van der Waals surface area contributed by atoms with Crippen LogP contribution < -0.4 is 5.73 Å². The number of aliphatic carboxylic acids is 1. The number of carboxylic acids is 1. The Bertz CT molecular complexity index is 1770. The van der Waals surface area contributed by atoms with Gasteiger partial charge in [0.25, 0.3) is 0 Å². The second kappa shape index (κ2) is 67.7. The fourth-order valence-electron chi connectivity index (χ4n) is 22.2. The second-order valence-electron chi connectivity index (χ2n) is 35.4. The van der Waals surface area contributed by atoms with Crippen molar-refractivity contribution in [3.63, 3.8) is 0 Å². The zero-order chi connectivity index (χ0) is 76.6. The highest BCUT2D eigenvalue weighted by Gasteiger charge is 2.79. The van der Waals surface area contributed by atoms with Crippen molar-refractivity contribution in [3.05, 3.63) is 0 Å². The van der Waals surface area contributed by atoms with Gasteiger partial charge in [-0.1, -0.05) is 470 Å². The van der Waals surface area contributed by atoms with E-state index in [9.17, 15) is 9.90 Å². The smallest absolute Gasteiger partial charge is 0.310 e. The van der Waals surface area contributed by atoms with Crippen LogP contribution in [0.5, 0.6) is 0 Å². The van der Waals surface area contributed by atoms with Crippen molar-refractivity contribution in [2.75, 3.05) is 26.2 Å². The van der Waals surface area contributed by atoms with Crippen LogP contribution in [0.15, 0.2) is 0 Å². The third-order valence-corrected chi connectivity index (χ3v) is 27.3. The van der Waals surface area contributed by atoms with E-state index < -0.39 is 22.2 Å². The highest BCUT2D eigenvalue weighted by molar-refractivity contribution is 5.77. The summed E-state index contributed by atoms with van der Waals surface area (Å²) in [5, 5.41) is 14.3. The van der Waals surface area contributed by atoms with Gasteiger partial charge in [0.15, 0.2) is 0 Å². The van der Waals surface area contributed by atoms with Gasteiger partial charge in [-0.2, -0.15) is 0 Å². The molecule has 0 spiro atoms. The Hall–Kier alpha value is -1.14. The first-order valence-corrected chi connectivity index (χ1v) is 47.9. The van der Waals surface area contributed by atoms with Gasteiger partial charge in [-0.05, 0) is 98.3 Å². The summed E-state index contributed by atoms with van der Waals surface area (Å²) in [6.45, 7) is 43.8. The van der Waals surface area contributed by atoms with E-state index in [0.717, 1.165) is 109 Å². The number of rotatable bonds is 81. The topological polar surface area (TPSA) is 92.9 Å². The van der Waals surface area contributed by atoms with Crippen molar-refractivity contribution in [2.45, 2.75) is 527 Å². The van der Waals surface area contributed by atoms with E-state index in [1.54, 1.807) is 0 Å². The number of carboxylic acid groups (broad SMARTS) is 1. The predicted octanol–water partition coefficient (Wildman–Crippen LogP) is 32.2. The summed E-state index contributed by atoms with van der Waals surface area (Å²) in [5.74, 6) is 0.832. The van der Waals surface area contributed by atoms with Crippen LogP contribution in [-0.2, 0) is 14.3 Å². The minimum Gasteiger partial charge on any atom is -0.481 e. The van der Waals surface area contributed by atoms with Crippen LogP contribution >= 0.6 is 0 Å². The van der Waals surface area contributed by atoms with E-state index in [2.05, 4.69) is 116 Å². The summed E-state index contributed by atoms with van der Waals surface area (Å²) in [5.41, 5.74) is 5.09. The molecule has 6 nitrogen and oxygen atoms in total. The Morgan fingerprint density at radius 1 is 0.301 bits per heavy atom. The first kappa shape index (κ1) is 102. The second-order valence-corrected chi connectivity index (χ2v) is 35.4. The molecule has 0 aliphatic heterocycles. The summed E-state index contributed by atoms with van der Waals surface area (Å²) in [4.78, 5) is 33.9. The summed E-state index contributed by atoms with van der Waals surface area (Å²) < 4.78 is 5.85. The van der Waals surface area contributed by atoms with Crippen LogP contribution in [0.4, 0.5) is 0 Å². The maximum Gasteiger partial charge on any atom is 0.310 e. The molecule has 0 rings (SSSR count). The highest BCUT2D eigenvalue weighted by atomic mass is 16.5. The van der Waals surface area contributed by atoms with Crippen LogP contribution in [0.1, 0.15) is 522 Å². The largest absolute Gasteiger partial charge is 0.481 e. The van der Waals surface area contributed by atoms with E-state index in [1.165, 1.54) is 308 Å². The molecule has 0 bridgehead atoms. The zero-order valence-corrected chi connectivity index (χ0v) is 73.8. The van der Waals surface area contributed by atoms with Gasteiger partial charge >= 0.3 is 11.9 Å². The molecule has 103 heavy (non-hydrogen) atoms. The first-order chi connectivity index (χ1) is 50.0. The number of esters is 1. The Labute approximate surface area is 649 Å². The number of carbonyl (C=O) groups is 2. The van der Waals surface area contributed by atoms with Gasteiger partial charge in [-0.25, -0.2) is 0 Å². The molecule has 8 unspecified atom stereocenters. The van der Waals surface area contributed by atoms with Gasteiger partial charge in [0.2, 0.25) is 0 Å². The molecule has 0 aliphatic carbocycles. The molecule has 0 amide bonds. The highest BCUT2D eigenvalue weighted by Crippen LogP contribution is 2.78. The molecule has 0 fully saturated rings. The lowest BCUT2D eigenvalue weighted by molar-refractivity contribution is -0.306. The van der Waals surface area contributed by atoms with Crippen molar-refractivity contribution >= 4 is 11.9 Å². The van der Waals surface area contributed by atoms with Gasteiger partial charge in [-0.15, -0.1) is 0 Å². The van der Waals surface area contributed by atoms with Gasteiger partial charge in [-0.3, -0.25) is 14.5 Å². The van der Waals surface area contributed by atoms with Crippen molar-refractivity contribution in [3.8, 4) is 0 Å². The third kappa shape index (κ3) is 37.2. The average molecular weight is 1450 g/mol. The summed E-state index contributed by atoms with van der Waals surface area (Å²) >= 11 is 0. The van der Waals surface area contributed by atoms with E-state index >= 15 is 4.79 Å². The number of nitrogens with zero attached hydrogens (tertiary/aromatic N) is 1. The van der Waals surface area contributed by atoms with Crippen molar-refractivity contribution in [1.29, 1.82) is 0 Å². The lowest BCUT2D eigenvalue weighted by Crippen LogP contribution is -2.80. The van der Waals surface area contributed by atoms with Gasteiger partial charge in [0.05, 0.1) is 12.0 Å². The number of unbranched alkanes of at least 4 members (excludes halogenated alkanes) is 45. The Balaban J connectivity index is 10.3. The molecule has 0 radical (unpaired) electrons. The number of carbonyl (C=O) groups excluding carboxylic acids is 1. The van der Waals surface area contributed by atoms with Gasteiger partial charge in [0.1, 0.15) is 0 Å². The van der Waals surface area contributed by atoms with E-state index in [0.29, 0.717) is 25.5 Å². The van der Waals surface area contributed by atoms with Crippen molar-refractivity contribution in [1.82, 2.24) is 4.90 Å². The number of ether oxygens (including phenoxy) is 1. The van der Waals surface area contributed by atoms with E-state index in [1.807, 2.05) is 0 Å². The van der Waals surface area contributed by atoms with Crippen LogP contribution in [0.2, 0.25) is 0 Å². The van der Waals surface area contributed by atoms with E-state index in [-0.39, 0.29) is 47.0 Å².